The third kappa shape index (κ3) is 1.44. The number of carbonyl (C=O) groups excluding carboxylic acids is 3. The van der Waals surface area contributed by atoms with Crippen molar-refractivity contribution in [1.82, 2.24) is 0 Å². The van der Waals surface area contributed by atoms with E-state index < -0.39 is 28.7 Å². The molecule has 0 atom stereocenters. The lowest BCUT2D eigenvalue weighted by atomic mass is 9.97. The van der Waals surface area contributed by atoms with Gasteiger partial charge in [0.05, 0.1) is 7.11 Å². The Hall–Kier alpha value is -1.91. The Labute approximate surface area is 79.7 Å². The number of allylic oxidation sites excluding steroid dienone is 2. The summed E-state index contributed by atoms with van der Waals surface area (Å²) in [4.78, 5) is 33.3. The van der Waals surface area contributed by atoms with E-state index in [9.17, 15) is 19.5 Å². The SMILES string of the molecule is COC1=CC(=O)C(C(C)=O)=C(O)C1=O. The fourth-order valence-corrected chi connectivity index (χ4v) is 1.10. The largest absolute Gasteiger partial charge is 0.503 e. The lowest BCUT2D eigenvalue weighted by Crippen LogP contribution is -2.23. The molecule has 0 saturated carbocycles. The highest BCUT2D eigenvalue weighted by Crippen LogP contribution is 2.18. The second kappa shape index (κ2) is 3.45. The minimum Gasteiger partial charge on any atom is -0.503 e. The Morgan fingerprint density at radius 2 is 2.00 bits per heavy atom. The van der Waals surface area contributed by atoms with Crippen LogP contribution in [0.25, 0.3) is 0 Å². The quantitative estimate of drug-likeness (QED) is 0.499. The molecule has 0 amide bonds. The number of rotatable bonds is 2. The Morgan fingerprint density at radius 1 is 1.43 bits per heavy atom. The second-order valence-corrected chi connectivity index (χ2v) is 2.69. The lowest BCUT2D eigenvalue weighted by molar-refractivity contribution is -0.123. The highest BCUT2D eigenvalue weighted by molar-refractivity contribution is 6.32. The van der Waals surface area contributed by atoms with Gasteiger partial charge in [-0.2, -0.15) is 0 Å². The van der Waals surface area contributed by atoms with E-state index in [0.29, 0.717) is 0 Å². The van der Waals surface area contributed by atoms with Gasteiger partial charge >= 0.3 is 0 Å². The normalized spacial score (nSPS) is 16.9. The Kier molecular flexibility index (Phi) is 2.51. The molecule has 1 aliphatic carbocycles. The molecule has 0 aromatic heterocycles. The van der Waals surface area contributed by atoms with Crippen LogP contribution in [0.15, 0.2) is 23.2 Å². The highest BCUT2D eigenvalue weighted by Gasteiger charge is 2.31. The van der Waals surface area contributed by atoms with E-state index in [0.717, 1.165) is 13.0 Å². The van der Waals surface area contributed by atoms with Crippen LogP contribution < -0.4 is 0 Å². The first-order chi connectivity index (χ1) is 6.49. The maximum absolute atomic E-state index is 11.2. The van der Waals surface area contributed by atoms with Gasteiger partial charge in [0.2, 0.25) is 0 Å². The van der Waals surface area contributed by atoms with E-state index in [-0.39, 0.29) is 5.76 Å². The summed E-state index contributed by atoms with van der Waals surface area (Å²) >= 11 is 0. The lowest BCUT2D eigenvalue weighted by Gasteiger charge is -2.11. The van der Waals surface area contributed by atoms with Gasteiger partial charge in [-0.25, -0.2) is 0 Å². The summed E-state index contributed by atoms with van der Waals surface area (Å²) in [7, 11) is 1.20. The predicted octanol–water partition coefficient (Wildman–Crippen LogP) is 0.0696. The zero-order valence-electron chi connectivity index (χ0n) is 7.66. The van der Waals surface area contributed by atoms with Gasteiger partial charge in [0.25, 0.3) is 5.78 Å². The van der Waals surface area contributed by atoms with E-state index in [1.807, 2.05) is 0 Å². The minimum atomic E-state index is -0.850. The molecule has 1 aliphatic rings. The molecule has 74 valence electrons. The van der Waals surface area contributed by atoms with Gasteiger partial charge in [-0.05, 0) is 6.92 Å². The van der Waals surface area contributed by atoms with Crippen LogP contribution in [-0.2, 0) is 19.1 Å². The molecular weight excluding hydrogens is 188 g/mol. The molecule has 0 radical (unpaired) electrons. The molecule has 1 N–H and O–H groups in total. The summed E-state index contributed by atoms with van der Waals surface area (Å²) in [6.45, 7) is 1.10. The zero-order chi connectivity index (χ0) is 10.9. The maximum Gasteiger partial charge on any atom is 0.262 e. The summed E-state index contributed by atoms with van der Waals surface area (Å²) < 4.78 is 4.56. The van der Waals surface area contributed by atoms with Crippen LogP contribution in [0, 0.1) is 0 Å². The summed E-state index contributed by atoms with van der Waals surface area (Å²) in [5, 5.41) is 9.25. The summed E-state index contributed by atoms with van der Waals surface area (Å²) in [5.41, 5.74) is -0.490. The van der Waals surface area contributed by atoms with Crippen molar-refractivity contribution < 1.29 is 24.2 Å². The van der Waals surface area contributed by atoms with E-state index >= 15 is 0 Å². The molecule has 5 heteroatoms. The molecule has 1 rings (SSSR count). The standard InChI is InChI=1S/C9H8O5/c1-4(10)7-5(11)3-6(14-2)8(12)9(7)13/h3,13H,1-2H3. The van der Waals surface area contributed by atoms with Gasteiger partial charge in [-0.3, -0.25) is 14.4 Å². The van der Waals surface area contributed by atoms with Crippen molar-refractivity contribution >= 4 is 17.3 Å². The number of carbonyl (C=O) groups is 3. The molecule has 0 spiro atoms. The summed E-state index contributed by atoms with van der Waals surface area (Å²) in [6, 6.07) is 0. The number of aliphatic hydroxyl groups is 1. The van der Waals surface area contributed by atoms with Crippen LogP contribution in [0.3, 0.4) is 0 Å². The van der Waals surface area contributed by atoms with Gasteiger partial charge in [0, 0.05) is 6.08 Å². The zero-order valence-corrected chi connectivity index (χ0v) is 7.66. The summed E-state index contributed by atoms with van der Waals surface area (Å²) in [6.07, 6.45) is 0.888. The second-order valence-electron chi connectivity index (χ2n) is 2.69. The number of ketones is 3. The highest BCUT2D eigenvalue weighted by atomic mass is 16.5. The van der Waals surface area contributed by atoms with Crippen LogP contribution in [0.2, 0.25) is 0 Å². The molecule has 0 unspecified atom stereocenters. The van der Waals surface area contributed by atoms with Gasteiger partial charge in [-0.1, -0.05) is 0 Å². The smallest absolute Gasteiger partial charge is 0.262 e. The van der Waals surface area contributed by atoms with Crippen LogP contribution in [0.4, 0.5) is 0 Å². The van der Waals surface area contributed by atoms with Crippen molar-refractivity contribution in [3.63, 3.8) is 0 Å². The van der Waals surface area contributed by atoms with Gasteiger partial charge in [0.15, 0.2) is 23.1 Å². The van der Waals surface area contributed by atoms with Gasteiger partial charge < -0.3 is 9.84 Å². The van der Waals surface area contributed by atoms with Gasteiger partial charge in [-0.15, -0.1) is 0 Å². The average Bonchev–Trinajstić information content (AvgIpc) is 2.10. The number of hydrogen-bond acceptors (Lipinski definition) is 5. The van der Waals surface area contributed by atoms with Gasteiger partial charge in [0.1, 0.15) is 5.57 Å². The molecule has 0 aromatic carbocycles. The van der Waals surface area contributed by atoms with Crippen molar-refractivity contribution in [2.24, 2.45) is 0 Å². The Bertz CT molecular complexity index is 386. The van der Waals surface area contributed by atoms with Crippen molar-refractivity contribution in [3.05, 3.63) is 23.2 Å². The Morgan fingerprint density at radius 3 is 2.43 bits per heavy atom. The van der Waals surface area contributed by atoms with Crippen LogP contribution in [0.1, 0.15) is 6.92 Å². The fourth-order valence-electron chi connectivity index (χ4n) is 1.10. The molecule has 0 aliphatic heterocycles. The number of Topliss-reactive ketones (excluding diaryl/α,β-unsaturated/α-hetero) is 2. The van der Waals surface area contributed by atoms with Crippen LogP contribution >= 0.6 is 0 Å². The molecule has 0 aromatic rings. The third-order valence-electron chi connectivity index (χ3n) is 1.76. The van der Waals surface area contributed by atoms with E-state index in [1.54, 1.807) is 0 Å². The van der Waals surface area contributed by atoms with Crippen molar-refractivity contribution in [2.75, 3.05) is 7.11 Å². The molecule has 0 fully saturated rings. The third-order valence-corrected chi connectivity index (χ3v) is 1.76. The average molecular weight is 196 g/mol. The van der Waals surface area contributed by atoms with Crippen molar-refractivity contribution in [3.8, 4) is 0 Å². The monoisotopic (exact) mass is 196 g/mol. The van der Waals surface area contributed by atoms with Crippen LogP contribution in [0.5, 0.6) is 0 Å². The molecule has 0 saturated heterocycles. The number of aliphatic hydroxyl groups excluding tert-OH is 1. The number of methoxy groups -OCH3 is 1. The predicted molar refractivity (Wildman–Crippen MR) is 45.4 cm³/mol. The molecular formula is C9H8O5. The molecule has 0 heterocycles. The fraction of sp³-hybridized carbons (Fsp3) is 0.222. The summed E-state index contributed by atoms with van der Waals surface area (Å²) in [5.74, 6) is -3.32. The topological polar surface area (TPSA) is 80.7 Å². The van der Waals surface area contributed by atoms with Crippen molar-refractivity contribution in [1.29, 1.82) is 0 Å². The Balaban J connectivity index is 3.25. The van der Waals surface area contributed by atoms with E-state index in [4.69, 9.17) is 0 Å². The van der Waals surface area contributed by atoms with E-state index in [1.165, 1.54) is 7.11 Å². The first-order valence-corrected chi connectivity index (χ1v) is 3.78. The van der Waals surface area contributed by atoms with E-state index in [2.05, 4.69) is 4.74 Å². The minimum absolute atomic E-state index is 0.266. The number of ether oxygens (including phenoxy) is 1. The molecule has 5 nitrogen and oxygen atoms in total. The van der Waals surface area contributed by atoms with Crippen molar-refractivity contribution in [2.45, 2.75) is 6.92 Å². The first-order valence-electron chi connectivity index (χ1n) is 3.78. The molecule has 0 bridgehead atoms. The van der Waals surface area contributed by atoms with Crippen LogP contribution in [-0.4, -0.2) is 29.6 Å². The number of hydrogen-bond donors (Lipinski definition) is 1. The molecule has 14 heavy (non-hydrogen) atoms. The first kappa shape index (κ1) is 10.2. The maximum atomic E-state index is 11.2.